The van der Waals surface area contributed by atoms with Gasteiger partial charge in [0.15, 0.2) is 11.5 Å². The van der Waals surface area contributed by atoms with Crippen molar-refractivity contribution >= 4 is 0 Å². The summed E-state index contributed by atoms with van der Waals surface area (Å²) in [6.45, 7) is 4.59. The Morgan fingerprint density at radius 2 is 1.83 bits per heavy atom. The molecule has 0 heterocycles. The lowest BCUT2D eigenvalue weighted by Gasteiger charge is -2.15. The molecule has 0 aliphatic rings. The first-order valence-corrected chi connectivity index (χ1v) is 6.26. The molecule has 1 aromatic rings. The third kappa shape index (κ3) is 4.67. The van der Waals surface area contributed by atoms with Gasteiger partial charge in [0.05, 0.1) is 25.2 Å². The van der Waals surface area contributed by atoms with Crippen LogP contribution < -0.4 is 9.47 Å². The van der Waals surface area contributed by atoms with Crippen LogP contribution in [0.3, 0.4) is 0 Å². The Hall–Kier alpha value is -1.69. The highest BCUT2D eigenvalue weighted by atomic mass is 16.5. The number of hydrogen-bond acceptors (Lipinski definition) is 3. The van der Waals surface area contributed by atoms with Gasteiger partial charge in [-0.1, -0.05) is 12.1 Å². The Kier molecular flexibility index (Phi) is 5.51. The lowest BCUT2D eigenvalue weighted by atomic mass is 9.89. The number of benzene rings is 1. The topological polar surface area (TPSA) is 42.2 Å². The van der Waals surface area contributed by atoms with Gasteiger partial charge >= 0.3 is 0 Å². The van der Waals surface area contributed by atoms with Crippen LogP contribution in [0.1, 0.15) is 33.1 Å². The molecule has 0 spiro atoms. The molecule has 0 amide bonds. The van der Waals surface area contributed by atoms with E-state index in [1.54, 1.807) is 7.11 Å². The number of rotatable bonds is 7. The second-order valence-corrected chi connectivity index (χ2v) is 4.95. The average Bonchev–Trinajstić information content (AvgIpc) is 2.38. The minimum atomic E-state index is -0.232. The van der Waals surface area contributed by atoms with E-state index < -0.39 is 0 Å². The van der Waals surface area contributed by atoms with Crippen molar-refractivity contribution in [2.24, 2.45) is 5.41 Å². The maximum Gasteiger partial charge on any atom is 0.161 e. The maximum atomic E-state index is 8.90. The van der Waals surface area contributed by atoms with Crippen LogP contribution in [0.15, 0.2) is 24.3 Å². The van der Waals surface area contributed by atoms with Gasteiger partial charge in [-0.3, -0.25) is 0 Å². The third-order valence-electron chi connectivity index (χ3n) is 2.83. The molecule has 0 aromatic heterocycles. The van der Waals surface area contributed by atoms with Gasteiger partial charge in [0.25, 0.3) is 0 Å². The van der Waals surface area contributed by atoms with Crippen molar-refractivity contribution in [3.8, 4) is 17.6 Å². The van der Waals surface area contributed by atoms with Gasteiger partial charge in [-0.2, -0.15) is 5.26 Å². The van der Waals surface area contributed by atoms with E-state index in [4.69, 9.17) is 14.7 Å². The van der Waals surface area contributed by atoms with Gasteiger partial charge in [-0.05, 0) is 45.2 Å². The van der Waals surface area contributed by atoms with Crippen molar-refractivity contribution in [1.82, 2.24) is 0 Å². The van der Waals surface area contributed by atoms with Gasteiger partial charge < -0.3 is 9.47 Å². The summed E-state index contributed by atoms with van der Waals surface area (Å²) in [5.74, 6) is 1.54. The molecule has 0 N–H and O–H groups in total. The van der Waals surface area contributed by atoms with E-state index in [-0.39, 0.29) is 5.41 Å². The number of hydrogen-bond donors (Lipinski definition) is 0. The number of nitriles is 1. The second-order valence-electron chi connectivity index (χ2n) is 4.95. The second kappa shape index (κ2) is 6.90. The molecule has 18 heavy (non-hydrogen) atoms. The van der Waals surface area contributed by atoms with Gasteiger partial charge in [0.2, 0.25) is 0 Å². The monoisotopic (exact) mass is 247 g/mol. The molecule has 0 fully saturated rings. The van der Waals surface area contributed by atoms with Crippen molar-refractivity contribution in [2.45, 2.75) is 33.1 Å². The van der Waals surface area contributed by atoms with Crippen LogP contribution in [0.5, 0.6) is 11.5 Å². The molecule has 0 aliphatic heterocycles. The predicted molar refractivity (Wildman–Crippen MR) is 71.7 cm³/mol. The number of nitrogens with zero attached hydrogens (tertiary/aromatic N) is 1. The average molecular weight is 247 g/mol. The van der Waals surface area contributed by atoms with E-state index >= 15 is 0 Å². The molecule has 3 nitrogen and oxygen atoms in total. The Labute approximate surface area is 109 Å². The molecule has 1 rings (SSSR count). The molecule has 0 saturated carbocycles. The molecule has 0 atom stereocenters. The van der Waals surface area contributed by atoms with Crippen molar-refractivity contribution in [3.05, 3.63) is 24.3 Å². The van der Waals surface area contributed by atoms with Gasteiger partial charge in [-0.25, -0.2) is 0 Å². The molecule has 0 unspecified atom stereocenters. The highest BCUT2D eigenvalue weighted by Gasteiger charge is 2.15. The van der Waals surface area contributed by atoms with Crippen LogP contribution in [0.25, 0.3) is 0 Å². The minimum Gasteiger partial charge on any atom is -0.493 e. The number of para-hydroxylation sites is 2. The largest absolute Gasteiger partial charge is 0.493 e. The zero-order chi connectivity index (χ0) is 13.4. The van der Waals surface area contributed by atoms with Crippen molar-refractivity contribution < 1.29 is 9.47 Å². The summed E-state index contributed by atoms with van der Waals surface area (Å²) in [5, 5.41) is 8.90. The predicted octanol–water partition coefficient (Wildman–Crippen LogP) is 3.79. The zero-order valence-corrected chi connectivity index (χ0v) is 11.4. The van der Waals surface area contributed by atoms with Crippen LogP contribution in [-0.4, -0.2) is 13.7 Å². The molecular weight excluding hydrogens is 226 g/mol. The molecule has 0 aliphatic carbocycles. The summed E-state index contributed by atoms with van der Waals surface area (Å²) >= 11 is 0. The fourth-order valence-corrected chi connectivity index (χ4v) is 1.65. The van der Waals surface area contributed by atoms with E-state index in [0.717, 1.165) is 30.8 Å². The molecule has 1 aromatic carbocycles. The molecule has 0 radical (unpaired) electrons. The lowest BCUT2D eigenvalue weighted by Crippen LogP contribution is -2.08. The number of methoxy groups -OCH3 is 1. The van der Waals surface area contributed by atoms with E-state index in [0.29, 0.717) is 6.61 Å². The first kappa shape index (κ1) is 14.4. The van der Waals surface area contributed by atoms with Crippen LogP contribution in [0.2, 0.25) is 0 Å². The van der Waals surface area contributed by atoms with E-state index in [9.17, 15) is 0 Å². The smallest absolute Gasteiger partial charge is 0.161 e. The summed E-state index contributed by atoms with van der Waals surface area (Å²) < 4.78 is 10.9. The normalized spacial score (nSPS) is 10.8. The SMILES string of the molecule is COc1ccccc1OCCCCC(C)(C)C#N. The van der Waals surface area contributed by atoms with Gasteiger partial charge in [0.1, 0.15) is 0 Å². The fraction of sp³-hybridized carbons (Fsp3) is 0.533. The maximum absolute atomic E-state index is 8.90. The minimum absolute atomic E-state index is 0.232. The van der Waals surface area contributed by atoms with Crippen LogP contribution >= 0.6 is 0 Å². The number of ether oxygens (including phenoxy) is 2. The lowest BCUT2D eigenvalue weighted by molar-refractivity contribution is 0.278. The van der Waals surface area contributed by atoms with Crippen molar-refractivity contribution in [2.75, 3.05) is 13.7 Å². The van der Waals surface area contributed by atoms with Crippen molar-refractivity contribution in [3.63, 3.8) is 0 Å². The quantitative estimate of drug-likeness (QED) is 0.688. The van der Waals surface area contributed by atoms with E-state index in [1.807, 2.05) is 38.1 Å². The first-order chi connectivity index (χ1) is 8.59. The Morgan fingerprint density at radius 1 is 1.17 bits per heavy atom. The van der Waals surface area contributed by atoms with Crippen LogP contribution in [0.4, 0.5) is 0 Å². The zero-order valence-electron chi connectivity index (χ0n) is 11.4. The fourth-order valence-electron chi connectivity index (χ4n) is 1.65. The van der Waals surface area contributed by atoms with E-state index in [1.165, 1.54) is 0 Å². The highest BCUT2D eigenvalue weighted by Crippen LogP contribution is 2.26. The Bertz CT molecular complexity index is 407. The molecule has 0 saturated heterocycles. The molecule has 3 heteroatoms. The van der Waals surface area contributed by atoms with Gasteiger partial charge in [0, 0.05) is 0 Å². The third-order valence-corrected chi connectivity index (χ3v) is 2.83. The summed E-state index contributed by atoms with van der Waals surface area (Å²) in [5.41, 5.74) is -0.232. The summed E-state index contributed by atoms with van der Waals surface area (Å²) in [6, 6.07) is 9.94. The molecular formula is C15H21NO2. The summed E-state index contributed by atoms with van der Waals surface area (Å²) in [4.78, 5) is 0. The molecule has 98 valence electrons. The first-order valence-electron chi connectivity index (χ1n) is 6.26. The number of unbranched alkanes of at least 4 members (excludes halogenated alkanes) is 1. The summed E-state index contributed by atoms with van der Waals surface area (Å²) in [7, 11) is 1.64. The van der Waals surface area contributed by atoms with Crippen LogP contribution in [-0.2, 0) is 0 Å². The highest BCUT2D eigenvalue weighted by molar-refractivity contribution is 5.39. The van der Waals surface area contributed by atoms with E-state index in [2.05, 4.69) is 6.07 Å². The van der Waals surface area contributed by atoms with Crippen molar-refractivity contribution in [1.29, 1.82) is 5.26 Å². The standard InChI is InChI=1S/C15H21NO2/c1-15(2,12-16)10-6-7-11-18-14-9-5-4-8-13(14)17-3/h4-5,8-9H,6-7,10-11H2,1-3H3. The Morgan fingerprint density at radius 3 is 2.44 bits per heavy atom. The Balaban J connectivity index is 2.28. The molecule has 0 bridgehead atoms. The van der Waals surface area contributed by atoms with Gasteiger partial charge in [-0.15, -0.1) is 0 Å². The van der Waals surface area contributed by atoms with Crippen LogP contribution in [0, 0.1) is 16.7 Å². The summed E-state index contributed by atoms with van der Waals surface area (Å²) in [6.07, 6.45) is 2.84.